The quantitative estimate of drug-likeness (QED) is 0.856. The maximum atomic E-state index is 13.0. The number of hydrogen-bond acceptors (Lipinski definition) is 2. The number of hydrogen-bond donors (Lipinski definition) is 1. The molecule has 0 aliphatic carbocycles. The summed E-state index contributed by atoms with van der Waals surface area (Å²) < 4.78 is 18.5. The molecule has 96 valence electrons. The van der Waals surface area contributed by atoms with Gasteiger partial charge in [0, 0.05) is 5.56 Å². The zero-order valence-corrected chi connectivity index (χ0v) is 10.3. The van der Waals surface area contributed by atoms with Gasteiger partial charge >= 0.3 is 0 Å². The first kappa shape index (κ1) is 13.1. The van der Waals surface area contributed by atoms with Crippen molar-refractivity contribution in [3.8, 4) is 17.6 Å². The summed E-state index contributed by atoms with van der Waals surface area (Å²) >= 11 is 0. The molecule has 0 radical (unpaired) electrons. The minimum absolute atomic E-state index is 0.155. The third-order valence-corrected chi connectivity index (χ3v) is 2.46. The summed E-state index contributed by atoms with van der Waals surface area (Å²) in [6.45, 7) is 0.164. The van der Waals surface area contributed by atoms with Gasteiger partial charge < -0.3 is 9.84 Å². The number of aliphatic hydroxyl groups is 1. The highest BCUT2D eigenvalue weighted by Gasteiger charge is 1.97. The topological polar surface area (TPSA) is 29.5 Å². The third kappa shape index (κ3) is 4.13. The Morgan fingerprint density at radius 1 is 1.11 bits per heavy atom. The van der Waals surface area contributed by atoms with Gasteiger partial charge in [-0.3, -0.25) is 0 Å². The first-order chi connectivity index (χ1) is 9.28. The average molecular weight is 256 g/mol. The minimum atomic E-state index is -0.268. The lowest BCUT2D eigenvalue weighted by Crippen LogP contribution is -1.95. The summed E-state index contributed by atoms with van der Waals surface area (Å²) in [5, 5.41) is 8.59. The molecule has 0 unspecified atom stereocenters. The summed E-state index contributed by atoms with van der Waals surface area (Å²) in [6, 6.07) is 13.5. The van der Waals surface area contributed by atoms with Gasteiger partial charge in [-0.1, -0.05) is 24.0 Å². The van der Waals surface area contributed by atoms with Crippen molar-refractivity contribution < 1.29 is 14.2 Å². The Kier molecular flexibility index (Phi) is 4.54. The smallest absolute Gasteiger partial charge is 0.123 e. The van der Waals surface area contributed by atoms with Crippen LogP contribution in [0.2, 0.25) is 0 Å². The van der Waals surface area contributed by atoms with E-state index >= 15 is 0 Å². The van der Waals surface area contributed by atoms with E-state index < -0.39 is 0 Å². The zero-order valence-electron chi connectivity index (χ0n) is 10.3. The maximum absolute atomic E-state index is 13.0. The van der Waals surface area contributed by atoms with Gasteiger partial charge in [-0.25, -0.2) is 4.39 Å². The Morgan fingerprint density at radius 2 is 1.89 bits per heavy atom. The van der Waals surface area contributed by atoms with Crippen LogP contribution in [0, 0.1) is 17.7 Å². The van der Waals surface area contributed by atoms with Crippen LogP contribution in [0.4, 0.5) is 4.39 Å². The van der Waals surface area contributed by atoms with Crippen LogP contribution >= 0.6 is 0 Å². The molecule has 0 aromatic heterocycles. The van der Waals surface area contributed by atoms with E-state index in [0.29, 0.717) is 12.4 Å². The Bertz CT molecular complexity index is 594. The molecule has 0 amide bonds. The lowest BCUT2D eigenvalue weighted by Gasteiger charge is -2.06. The highest BCUT2D eigenvalue weighted by Crippen LogP contribution is 2.14. The number of aliphatic hydroxyl groups excluding tert-OH is 1. The molecule has 0 aliphatic heterocycles. The fourth-order valence-corrected chi connectivity index (χ4v) is 1.57. The fraction of sp³-hybridized carbons (Fsp3) is 0.125. The van der Waals surface area contributed by atoms with Crippen LogP contribution in [-0.2, 0) is 6.61 Å². The zero-order chi connectivity index (χ0) is 13.5. The SMILES string of the molecule is OCC#Cc1ccc(OCc2cccc(F)c2)cc1. The van der Waals surface area contributed by atoms with Crippen LogP contribution < -0.4 is 4.74 Å². The van der Waals surface area contributed by atoms with Gasteiger partial charge in [0.05, 0.1) is 0 Å². The fourth-order valence-electron chi connectivity index (χ4n) is 1.57. The molecule has 2 rings (SSSR count). The highest BCUT2D eigenvalue weighted by atomic mass is 19.1. The Morgan fingerprint density at radius 3 is 2.58 bits per heavy atom. The minimum Gasteiger partial charge on any atom is -0.489 e. The van der Waals surface area contributed by atoms with Crippen molar-refractivity contribution in [1.29, 1.82) is 0 Å². The van der Waals surface area contributed by atoms with Crippen LogP contribution in [0.5, 0.6) is 5.75 Å². The number of rotatable bonds is 3. The summed E-state index contributed by atoms with van der Waals surface area (Å²) in [6.07, 6.45) is 0. The lowest BCUT2D eigenvalue weighted by atomic mass is 10.2. The molecule has 2 aromatic carbocycles. The summed E-state index contributed by atoms with van der Waals surface area (Å²) in [5.41, 5.74) is 1.59. The standard InChI is InChI=1S/C16H13FO2/c17-15-5-1-3-14(11-15)12-19-16-8-6-13(7-9-16)4-2-10-18/h1,3,5-9,11,18H,10,12H2. The Hall–Kier alpha value is -2.31. The first-order valence-electron chi connectivity index (χ1n) is 5.85. The van der Waals surface area contributed by atoms with E-state index in [2.05, 4.69) is 11.8 Å². The molecule has 1 N–H and O–H groups in total. The normalized spacial score (nSPS) is 9.58. The highest BCUT2D eigenvalue weighted by molar-refractivity contribution is 5.38. The van der Waals surface area contributed by atoms with Crippen molar-refractivity contribution in [1.82, 2.24) is 0 Å². The molecule has 0 spiro atoms. The van der Waals surface area contributed by atoms with Crippen molar-refractivity contribution in [2.24, 2.45) is 0 Å². The lowest BCUT2D eigenvalue weighted by molar-refractivity contribution is 0.305. The molecule has 0 bridgehead atoms. The summed E-state index contributed by atoms with van der Waals surface area (Å²) in [4.78, 5) is 0. The van der Waals surface area contributed by atoms with Crippen LogP contribution in [0.15, 0.2) is 48.5 Å². The van der Waals surface area contributed by atoms with Crippen LogP contribution in [0.3, 0.4) is 0 Å². The van der Waals surface area contributed by atoms with Crippen molar-refractivity contribution >= 4 is 0 Å². The molecule has 0 saturated heterocycles. The van der Waals surface area contributed by atoms with Gasteiger partial charge in [0.15, 0.2) is 0 Å². The van der Waals surface area contributed by atoms with Crippen LogP contribution in [0.1, 0.15) is 11.1 Å². The van der Waals surface area contributed by atoms with Crippen molar-refractivity contribution in [2.75, 3.05) is 6.61 Å². The molecule has 0 aliphatic rings. The van der Waals surface area contributed by atoms with E-state index in [9.17, 15) is 4.39 Å². The van der Waals surface area contributed by atoms with Gasteiger partial charge in [-0.15, -0.1) is 0 Å². The van der Waals surface area contributed by atoms with E-state index in [1.807, 2.05) is 18.2 Å². The van der Waals surface area contributed by atoms with Gasteiger partial charge in [0.2, 0.25) is 0 Å². The Labute approximate surface area is 111 Å². The van der Waals surface area contributed by atoms with E-state index in [1.54, 1.807) is 18.2 Å². The van der Waals surface area contributed by atoms with Gasteiger partial charge in [-0.05, 0) is 42.0 Å². The van der Waals surface area contributed by atoms with Crippen molar-refractivity contribution in [3.05, 3.63) is 65.5 Å². The molecule has 0 atom stereocenters. The van der Waals surface area contributed by atoms with Gasteiger partial charge in [-0.2, -0.15) is 0 Å². The third-order valence-electron chi connectivity index (χ3n) is 2.46. The van der Waals surface area contributed by atoms with Crippen molar-refractivity contribution in [2.45, 2.75) is 6.61 Å². The molecule has 2 nitrogen and oxygen atoms in total. The first-order valence-corrected chi connectivity index (χ1v) is 5.85. The van der Waals surface area contributed by atoms with Gasteiger partial charge in [0.25, 0.3) is 0 Å². The maximum Gasteiger partial charge on any atom is 0.123 e. The molecule has 0 saturated carbocycles. The molecule has 0 heterocycles. The molecular weight excluding hydrogens is 243 g/mol. The number of benzene rings is 2. The second kappa shape index (κ2) is 6.58. The van der Waals surface area contributed by atoms with Gasteiger partial charge in [0.1, 0.15) is 24.8 Å². The molecule has 0 fully saturated rings. The number of ether oxygens (including phenoxy) is 1. The molecular formula is C16H13FO2. The molecule has 19 heavy (non-hydrogen) atoms. The average Bonchev–Trinajstić information content (AvgIpc) is 2.44. The molecule has 3 heteroatoms. The largest absolute Gasteiger partial charge is 0.489 e. The van der Waals surface area contributed by atoms with E-state index in [0.717, 1.165) is 11.1 Å². The van der Waals surface area contributed by atoms with Crippen LogP contribution in [-0.4, -0.2) is 11.7 Å². The second-order valence-electron chi connectivity index (χ2n) is 3.90. The van der Waals surface area contributed by atoms with E-state index in [1.165, 1.54) is 12.1 Å². The van der Waals surface area contributed by atoms with Crippen LogP contribution in [0.25, 0.3) is 0 Å². The predicted molar refractivity (Wildman–Crippen MR) is 71.1 cm³/mol. The summed E-state index contributed by atoms with van der Waals surface area (Å²) in [7, 11) is 0. The van der Waals surface area contributed by atoms with E-state index in [-0.39, 0.29) is 12.4 Å². The molecule has 2 aromatic rings. The Balaban J connectivity index is 1.96. The van der Waals surface area contributed by atoms with Crippen molar-refractivity contribution in [3.63, 3.8) is 0 Å². The number of halogens is 1. The summed E-state index contributed by atoms with van der Waals surface area (Å²) in [5.74, 6) is 5.79. The second-order valence-corrected chi connectivity index (χ2v) is 3.90. The monoisotopic (exact) mass is 256 g/mol. The predicted octanol–water partition coefficient (Wildman–Crippen LogP) is 2.75. The van der Waals surface area contributed by atoms with E-state index in [4.69, 9.17) is 9.84 Å².